The molecule has 0 aromatic carbocycles. The van der Waals surface area contributed by atoms with Crippen LogP contribution in [0.25, 0.3) is 0 Å². The topological polar surface area (TPSA) is 102 Å². The lowest BCUT2D eigenvalue weighted by Crippen LogP contribution is -2.57. The molecule has 1 rings (SSSR count). The number of hydrogen-bond acceptors (Lipinski definition) is 7. The zero-order valence-electron chi connectivity index (χ0n) is 11.6. The third-order valence-corrected chi connectivity index (χ3v) is 4.77. The molecule has 0 radical (unpaired) electrons. The van der Waals surface area contributed by atoms with E-state index in [9.17, 15) is 18.0 Å². The van der Waals surface area contributed by atoms with Crippen molar-refractivity contribution >= 4 is 22.0 Å². The molecule has 1 aliphatic heterocycles. The van der Waals surface area contributed by atoms with Crippen LogP contribution in [0.3, 0.4) is 0 Å². The quantitative estimate of drug-likeness (QED) is 0.609. The maximum atomic E-state index is 12.2. The van der Waals surface area contributed by atoms with Crippen LogP contribution < -0.4 is 5.32 Å². The molecule has 0 bridgehead atoms. The van der Waals surface area contributed by atoms with Gasteiger partial charge in [-0.15, -0.1) is 0 Å². The normalized spacial score (nSPS) is 20.4. The number of rotatable bonds is 6. The summed E-state index contributed by atoms with van der Waals surface area (Å²) in [6.07, 6.45) is -0.238. The Labute approximate surface area is 118 Å². The lowest BCUT2D eigenvalue weighted by molar-refractivity contribution is -0.148. The highest BCUT2D eigenvalue weighted by atomic mass is 32.2. The van der Waals surface area contributed by atoms with Crippen LogP contribution in [0.1, 0.15) is 13.3 Å². The minimum Gasteiger partial charge on any atom is -0.469 e. The van der Waals surface area contributed by atoms with Gasteiger partial charge >= 0.3 is 11.9 Å². The third kappa shape index (κ3) is 4.43. The summed E-state index contributed by atoms with van der Waals surface area (Å²) in [7, 11) is -2.51. The van der Waals surface area contributed by atoms with E-state index in [1.165, 1.54) is 7.11 Å². The van der Waals surface area contributed by atoms with Gasteiger partial charge in [0.15, 0.2) is 0 Å². The van der Waals surface area contributed by atoms with E-state index in [1.807, 2.05) is 0 Å². The number of carbonyl (C=O) groups excluding carboxylic acids is 2. The molecule has 0 spiro atoms. The van der Waals surface area contributed by atoms with E-state index in [-0.39, 0.29) is 31.9 Å². The predicted octanol–water partition coefficient (Wildman–Crippen LogP) is -1.28. The largest absolute Gasteiger partial charge is 0.469 e. The van der Waals surface area contributed by atoms with Crippen molar-refractivity contribution in [2.75, 3.05) is 39.1 Å². The fourth-order valence-electron chi connectivity index (χ4n) is 1.89. The number of sulfonamides is 1. The number of methoxy groups -OCH3 is 1. The lowest BCUT2D eigenvalue weighted by atomic mass is 10.2. The minimum absolute atomic E-state index is 0.174. The molecule has 1 saturated heterocycles. The molecule has 0 saturated carbocycles. The second-order valence-corrected chi connectivity index (χ2v) is 6.27. The molecule has 1 heterocycles. The van der Waals surface area contributed by atoms with Gasteiger partial charge in [-0.3, -0.25) is 9.59 Å². The first-order valence-electron chi connectivity index (χ1n) is 6.36. The van der Waals surface area contributed by atoms with Crippen LogP contribution in [-0.2, 0) is 29.1 Å². The first-order chi connectivity index (χ1) is 9.42. The molecule has 1 N–H and O–H groups in total. The van der Waals surface area contributed by atoms with Gasteiger partial charge in [0.2, 0.25) is 10.0 Å². The standard InChI is InChI=1S/C11H20N2O6S/c1-3-19-11(15)9-8-12-5-6-13(9)20(16,17)7-4-10(14)18-2/h9,12H,3-8H2,1-2H3. The SMILES string of the molecule is CCOC(=O)C1CNCCN1S(=O)(=O)CCC(=O)OC. The van der Waals surface area contributed by atoms with Crippen LogP contribution >= 0.6 is 0 Å². The Bertz CT molecular complexity index is 450. The number of carbonyl (C=O) groups is 2. The molecule has 1 atom stereocenters. The van der Waals surface area contributed by atoms with Crippen LogP contribution in [0.5, 0.6) is 0 Å². The zero-order valence-corrected chi connectivity index (χ0v) is 12.4. The van der Waals surface area contributed by atoms with Gasteiger partial charge in [0.05, 0.1) is 25.9 Å². The molecule has 0 aliphatic carbocycles. The van der Waals surface area contributed by atoms with Crippen molar-refractivity contribution < 1.29 is 27.5 Å². The van der Waals surface area contributed by atoms with Crippen molar-refractivity contribution in [1.29, 1.82) is 0 Å². The number of nitrogens with one attached hydrogen (secondary N) is 1. The molecule has 1 unspecified atom stereocenters. The predicted molar refractivity (Wildman–Crippen MR) is 70.4 cm³/mol. The number of hydrogen-bond donors (Lipinski definition) is 1. The van der Waals surface area contributed by atoms with Gasteiger partial charge in [-0.05, 0) is 6.92 Å². The Morgan fingerprint density at radius 1 is 1.40 bits per heavy atom. The van der Waals surface area contributed by atoms with Crippen LogP contribution in [0, 0.1) is 0 Å². The van der Waals surface area contributed by atoms with Gasteiger partial charge in [0, 0.05) is 19.6 Å². The minimum atomic E-state index is -3.71. The number of piperazine rings is 1. The van der Waals surface area contributed by atoms with E-state index in [1.54, 1.807) is 6.92 Å². The average Bonchev–Trinajstić information content (AvgIpc) is 2.45. The van der Waals surface area contributed by atoms with E-state index >= 15 is 0 Å². The fourth-order valence-corrected chi connectivity index (χ4v) is 3.47. The van der Waals surface area contributed by atoms with Crippen molar-refractivity contribution in [2.24, 2.45) is 0 Å². The number of nitrogens with zero attached hydrogens (tertiary/aromatic N) is 1. The maximum Gasteiger partial charge on any atom is 0.325 e. The van der Waals surface area contributed by atoms with Gasteiger partial charge < -0.3 is 14.8 Å². The number of esters is 2. The maximum absolute atomic E-state index is 12.2. The molecule has 0 aromatic rings. The van der Waals surface area contributed by atoms with Crippen LogP contribution in [0.2, 0.25) is 0 Å². The molecule has 1 fully saturated rings. The summed E-state index contributed by atoms with van der Waals surface area (Å²) in [5, 5.41) is 2.95. The Kier molecular flexibility index (Phi) is 6.37. The van der Waals surface area contributed by atoms with Gasteiger partial charge in [0.25, 0.3) is 0 Å². The Morgan fingerprint density at radius 2 is 2.10 bits per heavy atom. The van der Waals surface area contributed by atoms with Crippen molar-refractivity contribution in [3.63, 3.8) is 0 Å². The molecular formula is C11H20N2O6S. The summed E-state index contributed by atoms with van der Waals surface area (Å²) < 4.78 is 34.8. The zero-order chi connectivity index (χ0) is 15.2. The first kappa shape index (κ1) is 16.9. The Hall–Kier alpha value is -1.19. The van der Waals surface area contributed by atoms with Crippen molar-refractivity contribution in [1.82, 2.24) is 9.62 Å². The van der Waals surface area contributed by atoms with E-state index in [0.717, 1.165) is 4.31 Å². The molecule has 1 aliphatic rings. The highest BCUT2D eigenvalue weighted by Gasteiger charge is 2.37. The highest BCUT2D eigenvalue weighted by molar-refractivity contribution is 7.89. The molecule has 0 aromatic heterocycles. The molecule has 8 nitrogen and oxygen atoms in total. The average molecular weight is 308 g/mol. The van der Waals surface area contributed by atoms with E-state index in [2.05, 4.69) is 10.1 Å². The van der Waals surface area contributed by atoms with Crippen molar-refractivity contribution in [3.8, 4) is 0 Å². The summed E-state index contributed by atoms with van der Waals surface area (Å²) in [6.45, 7) is 2.67. The first-order valence-corrected chi connectivity index (χ1v) is 7.97. The van der Waals surface area contributed by atoms with E-state index in [0.29, 0.717) is 6.54 Å². The molecular weight excluding hydrogens is 288 g/mol. The van der Waals surface area contributed by atoms with Crippen molar-refractivity contribution in [2.45, 2.75) is 19.4 Å². The van der Waals surface area contributed by atoms with E-state index < -0.39 is 28.0 Å². The Morgan fingerprint density at radius 3 is 2.70 bits per heavy atom. The smallest absolute Gasteiger partial charge is 0.325 e. The second kappa shape index (κ2) is 7.55. The van der Waals surface area contributed by atoms with Crippen LogP contribution in [0.15, 0.2) is 0 Å². The van der Waals surface area contributed by atoms with Gasteiger partial charge in [-0.2, -0.15) is 4.31 Å². The van der Waals surface area contributed by atoms with Gasteiger partial charge in [0.1, 0.15) is 6.04 Å². The molecule has 116 valence electrons. The van der Waals surface area contributed by atoms with Crippen LogP contribution in [0.4, 0.5) is 0 Å². The van der Waals surface area contributed by atoms with Gasteiger partial charge in [-0.1, -0.05) is 0 Å². The highest BCUT2D eigenvalue weighted by Crippen LogP contribution is 2.13. The summed E-state index contributed by atoms with van der Waals surface area (Å²) in [5.41, 5.74) is 0. The Balaban J connectivity index is 2.77. The molecule has 9 heteroatoms. The number of ether oxygens (including phenoxy) is 2. The third-order valence-electron chi connectivity index (χ3n) is 2.90. The summed E-state index contributed by atoms with van der Waals surface area (Å²) in [4.78, 5) is 22.8. The van der Waals surface area contributed by atoms with Crippen LogP contribution in [-0.4, -0.2) is 69.8 Å². The van der Waals surface area contributed by atoms with Crippen molar-refractivity contribution in [3.05, 3.63) is 0 Å². The molecule has 0 amide bonds. The summed E-state index contributed by atoms with van der Waals surface area (Å²) in [5.74, 6) is -1.56. The van der Waals surface area contributed by atoms with E-state index in [4.69, 9.17) is 4.74 Å². The summed E-state index contributed by atoms with van der Waals surface area (Å²) >= 11 is 0. The fraction of sp³-hybridized carbons (Fsp3) is 0.818. The molecule has 20 heavy (non-hydrogen) atoms. The lowest BCUT2D eigenvalue weighted by Gasteiger charge is -2.33. The van der Waals surface area contributed by atoms with Gasteiger partial charge in [-0.25, -0.2) is 8.42 Å². The second-order valence-electron chi connectivity index (χ2n) is 4.22. The monoisotopic (exact) mass is 308 g/mol. The summed E-state index contributed by atoms with van der Waals surface area (Å²) in [6, 6.07) is -0.883.